The molecule has 408 valence electrons. The van der Waals surface area contributed by atoms with E-state index in [1.165, 1.54) is 16.8 Å². The van der Waals surface area contributed by atoms with Crippen molar-refractivity contribution in [2.45, 2.75) is 114 Å². The molecule has 0 amide bonds. The largest absolute Gasteiger partial charge is 0.460 e. The average Bonchev–Trinajstić information content (AvgIpc) is 4.30. The molecule has 0 aliphatic heterocycles. The summed E-state index contributed by atoms with van der Waals surface area (Å²) in [5.74, 6) is 2.44. The number of ketones is 3. The number of hydrogen-bond donors (Lipinski definition) is 6. The molecule has 9 heterocycles. The summed E-state index contributed by atoms with van der Waals surface area (Å²) in [7, 11) is 0. The fraction of sp³-hybridized carbons (Fsp3) is 0.250. The first-order valence-corrected chi connectivity index (χ1v) is 27.4. The third kappa shape index (κ3) is 10.1. The Morgan fingerprint density at radius 1 is 0.412 bits per heavy atom. The van der Waals surface area contributed by atoms with Crippen molar-refractivity contribution in [3.63, 3.8) is 0 Å². The second kappa shape index (κ2) is 22.0. The van der Waals surface area contributed by atoms with Gasteiger partial charge in [0.05, 0.1) is 17.8 Å². The van der Waals surface area contributed by atoms with Gasteiger partial charge in [-0.05, 0) is 178 Å². The second-order valence-electron chi connectivity index (χ2n) is 21.4. The molecule has 3 unspecified atom stereocenters. The molecule has 12 heteroatoms. The van der Waals surface area contributed by atoms with Gasteiger partial charge >= 0.3 is 0 Å². The molecule has 0 aliphatic carbocycles. The molecule has 9 aromatic heterocycles. The molecule has 0 saturated carbocycles. The van der Waals surface area contributed by atoms with E-state index in [9.17, 15) is 14.4 Å². The number of carbonyl (C=O) groups excluding carboxylic acids is 3. The maximum absolute atomic E-state index is 12.3. The van der Waals surface area contributed by atoms with E-state index in [0.717, 1.165) is 147 Å². The third-order valence-corrected chi connectivity index (χ3v) is 15.9. The van der Waals surface area contributed by atoms with Crippen LogP contribution < -0.4 is 0 Å². The SMILES string of the molecule is CC(=O)c1c(C)[nH]c(C(c2ccc(C)[nH]2)c2cc3ccccc3o2)c1C.CC(=O)c1c(C)[nH]c(C(c2ccc[nH]2)c2cc3ccccc3o2)c1C.CCc1c(C)[nH]c(C(c2cc3ccccc3o2)c2[nH]c(C)c(C(C)=O)c2C)c1C. The number of carbonyl (C=O) groups is 3. The number of aryl methyl sites for hydroxylation is 5. The minimum atomic E-state index is -0.131. The van der Waals surface area contributed by atoms with Crippen LogP contribution in [0.5, 0.6) is 0 Å². The molecule has 0 bridgehead atoms. The van der Waals surface area contributed by atoms with Crippen LogP contribution in [0.1, 0.15) is 184 Å². The lowest BCUT2D eigenvalue weighted by molar-refractivity contribution is 0.100. The predicted octanol–water partition coefficient (Wildman–Crippen LogP) is 16.8. The van der Waals surface area contributed by atoms with Gasteiger partial charge in [-0.2, -0.15) is 0 Å². The number of nitrogens with one attached hydrogen (secondary N) is 6. The standard InChI is InChI=1S/C25H28N2O2.C22H22N2O2.C21H20N2O2/c1-7-19-13(2)24(26-15(19)4)23(21-12-18-10-8-9-11-20(18)29-21)25-14(3)22(17(6)28)16(5)27-25;1-12-9-10-17(23-12)21(19-11-16-7-5-6-8-18(16)26-19)22-13(2)20(15(4)25)14(3)24-22;1-12-19(14(3)24)13(2)23-21(12)20(16-8-6-10-22-16)18-11-15-7-4-5-9-17(15)25-18/h8-12,23,26-27H,7H2,1-6H3;5-11,21,23-24H,1-4H3;4-11,20,22-23H,1-3H3. The van der Waals surface area contributed by atoms with Crippen LogP contribution in [0.25, 0.3) is 32.9 Å². The Labute approximate surface area is 465 Å². The highest BCUT2D eigenvalue weighted by atomic mass is 16.3. The molecule has 12 nitrogen and oxygen atoms in total. The molecule has 0 saturated heterocycles. The number of H-pyrrole nitrogens is 6. The van der Waals surface area contributed by atoms with Gasteiger partial charge in [0.25, 0.3) is 0 Å². The first-order valence-electron chi connectivity index (χ1n) is 27.4. The van der Waals surface area contributed by atoms with Gasteiger partial charge in [-0.25, -0.2) is 0 Å². The van der Waals surface area contributed by atoms with E-state index in [4.69, 9.17) is 13.3 Å². The average molecular weight is 1070 g/mol. The number of fused-ring (bicyclic) bond motifs is 3. The second-order valence-corrected chi connectivity index (χ2v) is 21.4. The number of aromatic amines is 6. The monoisotopic (exact) mass is 1070 g/mol. The number of Topliss-reactive ketones (excluding diaryl/α,β-unsaturated/α-hetero) is 3. The quantitative estimate of drug-likeness (QED) is 0.0624. The maximum Gasteiger partial charge on any atom is 0.161 e. The Morgan fingerprint density at radius 2 is 0.787 bits per heavy atom. The molecule has 6 N–H and O–H groups in total. The highest BCUT2D eigenvalue weighted by Gasteiger charge is 2.32. The van der Waals surface area contributed by atoms with Crippen LogP contribution in [-0.4, -0.2) is 47.3 Å². The fourth-order valence-electron chi connectivity index (χ4n) is 12.4. The van der Waals surface area contributed by atoms with E-state index < -0.39 is 0 Å². The lowest BCUT2D eigenvalue weighted by atomic mass is 9.91. The zero-order valence-corrected chi connectivity index (χ0v) is 47.9. The molecule has 3 aromatic carbocycles. The van der Waals surface area contributed by atoms with Gasteiger partial charge < -0.3 is 43.2 Å². The number of hydrogen-bond acceptors (Lipinski definition) is 6. The van der Waals surface area contributed by atoms with Crippen molar-refractivity contribution in [1.29, 1.82) is 0 Å². The van der Waals surface area contributed by atoms with Gasteiger partial charge in [-0.1, -0.05) is 61.5 Å². The summed E-state index contributed by atoms with van der Waals surface area (Å²) in [5, 5.41) is 3.22. The molecule has 0 fully saturated rings. The first kappa shape index (κ1) is 54.3. The molecule has 12 rings (SSSR count). The van der Waals surface area contributed by atoms with E-state index >= 15 is 0 Å². The van der Waals surface area contributed by atoms with Gasteiger partial charge in [0, 0.05) is 102 Å². The molecule has 12 aromatic rings. The Hall–Kier alpha value is -9.03. The molecule has 0 radical (unpaired) electrons. The summed E-state index contributed by atoms with van der Waals surface area (Å²) in [4.78, 5) is 57.1. The van der Waals surface area contributed by atoms with Crippen LogP contribution in [0, 0.1) is 62.3 Å². The molecule has 0 aliphatic rings. The van der Waals surface area contributed by atoms with Gasteiger partial charge in [0.2, 0.25) is 0 Å². The van der Waals surface area contributed by atoms with Crippen LogP contribution in [0.2, 0.25) is 0 Å². The molecule has 0 spiro atoms. The van der Waals surface area contributed by atoms with Gasteiger partial charge in [0.15, 0.2) is 17.3 Å². The summed E-state index contributed by atoms with van der Waals surface area (Å²) in [6.07, 6.45) is 2.88. The van der Waals surface area contributed by atoms with E-state index in [0.29, 0.717) is 0 Å². The van der Waals surface area contributed by atoms with E-state index in [-0.39, 0.29) is 35.1 Å². The maximum atomic E-state index is 12.3. The lowest BCUT2D eigenvalue weighted by Gasteiger charge is -2.16. The number of aromatic nitrogens is 6. The van der Waals surface area contributed by atoms with E-state index in [1.807, 2.05) is 134 Å². The topological polar surface area (TPSA) is 185 Å². The van der Waals surface area contributed by atoms with Gasteiger partial charge in [-0.3, -0.25) is 14.4 Å². The van der Waals surface area contributed by atoms with E-state index in [1.54, 1.807) is 20.8 Å². The summed E-state index contributed by atoms with van der Waals surface area (Å²) in [6.45, 7) is 25.2. The van der Waals surface area contributed by atoms with Crippen LogP contribution in [-0.2, 0) is 6.42 Å². The van der Waals surface area contributed by atoms with Crippen LogP contribution in [0.15, 0.2) is 135 Å². The first-order chi connectivity index (χ1) is 38.3. The van der Waals surface area contributed by atoms with Crippen molar-refractivity contribution >= 4 is 50.3 Å². The minimum absolute atomic E-state index is 0.0762. The summed E-state index contributed by atoms with van der Waals surface area (Å²) < 4.78 is 18.7. The van der Waals surface area contributed by atoms with Crippen LogP contribution in [0.4, 0.5) is 0 Å². The molecular formula is C68H70N6O6. The van der Waals surface area contributed by atoms with Gasteiger partial charge in [-0.15, -0.1) is 0 Å². The van der Waals surface area contributed by atoms with Crippen molar-refractivity contribution in [3.05, 3.63) is 246 Å². The Kier molecular flexibility index (Phi) is 14.9. The fourth-order valence-corrected chi connectivity index (χ4v) is 12.4. The van der Waals surface area contributed by atoms with Gasteiger partial charge in [0.1, 0.15) is 34.0 Å². The number of rotatable bonds is 13. The number of benzene rings is 3. The Morgan fingerprint density at radius 3 is 1.12 bits per heavy atom. The molecule has 80 heavy (non-hydrogen) atoms. The van der Waals surface area contributed by atoms with Crippen LogP contribution >= 0.6 is 0 Å². The Bertz CT molecular complexity index is 4140. The zero-order chi connectivity index (χ0) is 56.8. The lowest BCUT2D eigenvalue weighted by Crippen LogP contribution is -2.07. The summed E-state index contributed by atoms with van der Waals surface area (Å²) in [5.41, 5.74) is 21.6. The zero-order valence-electron chi connectivity index (χ0n) is 47.9. The minimum Gasteiger partial charge on any atom is -0.460 e. The smallest absolute Gasteiger partial charge is 0.161 e. The Balaban J connectivity index is 0.000000135. The van der Waals surface area contributed by atoms with Crippen molar-refractivity contribution in [2.75, 3.05) is 0 Å². The van der Waals surface area contributed by atoms with Crippen LogP contribution in [0.3, 0.4) is 0 Å². The highest BCUT2D eigenvalue weighted by Crippen LogP contribution is 2.42. The predicted molar refractivity (Wildman–Crippen MR) is 318 cm³/mol. The van der Waals surface area contributed by atoms with Crippen molar-refractivity contribution in [1.82, 2.24) is 29.9 Å². The van der Waals surface area contributed by atoms with Crippen molar-refractivity contribution in [3.8, 4) is 0 Å². The van der Waals surface area contributed by atoms with Crippen molar-refractivity contribution < 1.29 is 27.6 Å². The summed E-state index contributed by atoms with van der Waals surface area (Å²) in [6, 6.07) is 38.5. The molecular weight excluding hydrogens is 997 g/mol. The highest BCUT2D eigenvalue weighted by molar-refractivity contribution is 5.98. The number of furan rings is 3. The third-order valence-electron chi connectivity index (χ3n) is 15.9. The van der Waals surface area contributed by atoms with Crippen molar-refractivity contribution in [2.24, 2.45) is 0 Å². The van der Waals surface area contributed by atoms with E-state index in [2.05, 4.69) is 87.1 Å². The normalized spacial score (nSPS) is 12.6. The number of para-hydroxylation sites is 3. The summed E-state index contributed by atoms with van der Waals surface area (Å²) >= 11 is 0. The molecule has 3 atom stereocenters.